The van der Waals surface area contributed by atoms with Crippen LogP contribution in [0.4, 0.5) is 11.4 Å². The van der Waals surface area contributed by atoms with E-state index in [1.54, 1.807) is 12.1 Å². The topological polar surface area (TPSA) is 63.4 Å². The summed E-state index contributed by atoms with van der Waals surface area (Å²) in [6.45, 7) is 1.95. The summed E-state index contributed by atoms with van der Waals surface area (Å²) >= 11 is 1.95. The minimum Gasteiger partial charge on any atom is -0.397 e. The Hall–Kier alpha value is -0.880. The molecule has 0 spiro atoms. The van der Waals surface area contributed by atoms with Gasteiger partial charge in [0.1, 0.15) is 0 Å². The molecule has 0 radical (unpaired) electrons. The SMILES string of the molecule is CS(=O)(=O)c1ccc(N2CCCSCC2)c(N)c1. The Balaban J connectivity index is 2.29. The first-order valence-electron chi connectivity index (χ1n) is 5.91. The summed E-state index contributed by atoms with van der Waals surface area (Å²) in [5.41, 5.74) is 7.48. The Labute approximate surface area is 112 Å². The first-order chi connectivity index (χ1) is 8.48. The Morgan fingerprint density at radius 2 is 2.06 bits per heavy atom. The molecule has 4 nitrogen and oxygen atoms in total. The molecule has 1 aromatic carbocycles. The highest BCUT2D eigenvalue weighted by Crippen LogP contribution is 2.28. The van der Waals surface area contributed by atoms with Gasteiger partial charge in [-0.15, -0.1) is 0 Å². The summed E-state index contributed by atoms with van der Waals surface area (Å²) in [5.74, 6) is 2.27. The predicted octanol–water partition coefficient (Wildman–Crippen LogP) is 1.62. The lowest BCUT2D eigenvalue weighted by atomic mass is 10.2. The van der Waals surface area contributed by atoms with Gasteiger partial charge in [0.25, 0.3) is 0 Å². The molecular weight excluding hydrogens is 268 g/mol. The predicted molar refractivity (Wildman–Crippen MR) is 78.1 cm³/mol. The van der Waals surface area contributed by atoms with Gasteiger partial charge in [0.05, 0.1) is 16.3 Å². The molecule has 6 heteroatoms. The number of nitrogens with zero attached hydrogens (tertiary/aromatic N) is 1. The summed E-state index contributed by atoms with van der Waals surface area (Å²) in [4.78, 5) is 2.52. The first kappa shape index (κ1) is 13.5. The van der Waals surface area contributed by atoms with Gasteiger partial charge < -0.3 is 10.6 Å². The van der Waals surface area contributed by atoms with Crippen LogP contribution in [0, 0.1) is 0 Å². The Morgan fingerprint density at radius 3 is 2.72 bits per heavy atom. The molecule has 1 saturated heterocycles. The van der Waals surface area contributed by atoms with Crippen LogP contribution in [0.15, 0.2) is 23.1 Å². The molecule has 0 aliphatic carbocycles. The third kappa shape index (κ3) is 3.11. The molecule has 2 N–H and O–H groups in total. The Morgan fingerprint density at radius 1 is 1.28 bits per heavy atom. The monoisotopic (exact) mass is 286 g/mol. The van der Waals surface area contributed by atoms with E-state index in [-0.39, 0.29) is 4.90 Å². The summed E-state index contributed by atoms with van der Waals surface area (Å²) in [5, 5.41) is 0. The maximum atomic E-state index is 11.5. The zero-order valence-electron chi connectivity index (χ0n) is 10.4. The lowest BCUT2D eigenvalue weighted by Gasteiger charge is -2.24. The van der Waals surface area contributed by atoms with Crippen LogP contribution >= 0.6 is 11.8 Å². The van der Waals surface area contributed by atoms with Gasteiger partial charge in [-0.2, -0.15) is 11.8 Å². The fourth-order valence-corrected chi connectivity index (χ4v) is 3.58. The van der Waals surface area contributed by atoms with Crippen LogP contribution in [0.1, 0.15) is 6.42 Å². The van der Waals surface area contributed by atoms with Crippen molar-refractivity contribution < 1.29 is 8.42 Å². The number of hydrogen-bond donors (Lipinski definition) is 1. The zero-order chi connectivity index (χ0) is 13.2. The minimum absolute atomic E-state index is 0.285. The number of hydrogen-bond acceptors (Lipinski definition) is 5. The van der Waals surface area contributed by atoms with Crippen molar-refractivity contribution in [2.24, 2.45) is 0 Å². The fourth-order valence-electron chi connectivity index (χ4n) is 2.04. The molecule has 0 aromatic heterocycles. The normalized spacial score (nSPS) is 17.5. The van der Waals surface area contributed by atoms with E-state index in [9.17, 15) is 8.42 Å². The number of nitrogen functional groups attached to an aromatic ring is 1. The molecule has 100 valence electrons. The van der Waals surface area contributed by atoms with Gasteiger partial charge in [0.15, 0.2) is 9.84 Å². The zero-order valence-corrected chi connectivity index (χ0v) is 12.1. The lowest BCUT2D eigenvalue weighted by molar-refractivity contribution is 0.602. The van der Waals surface area contributed by atoms with Crippen LogP contribution in [0.25, 0.3) is 0 Å². The van der Waals surface area contributed by atoms with Gasteiger partial charge in [0.2, 0.25) is 0 Å². The summed E-state index contributed by atoms with van der Waals surface area (Å²) in [6, 6.07) is 5.02. The minimum atomic E-state index is -3.18. The molecule has 1 heterocycles. The van der Waals surface area contributed by atoms with Gasteiger partial charge in [0, 0.05) is 25.1 Å². The number of sulfone groups is 1. The van der Waals surface area contributed by atoms with Gasteiger partial charge in [-0.05, 0) is 30.4 Å². The number of rotatable bonds is 2. The van der Waals surface area contributed by atoms with Crippen molar-refractivity contribution in [3.05, 3.63) is 18.2 Å². The van der Waals surface area contributed by atoms with Crippen molar-refractivity contribution in [3.8, 4) is 0 Å². The van der Waals surface area contributed by atoms with Crippen molar-refractivity contribution in [2.45, 2.75) is 11.3 Å². The van der Waals surface area contributed by atoms with Gasteiger partial charge in [-0.1, -0.05) is 0 Å². The van der Waals surface area contributed by atoms with Crippen LogP contribution < -0.4 is 10.6 Å². The van der Waals surface area contributed by atoms with Gasteiger partial charge >= 0.3 is 0 Å². The smallest absolute Gasteiger partial charge is 0.175 e. The Kier molecular flexibility index (Phi) is 4.07. The van der Waals surface area contributed by atoms with E-state index in [2.05, 4.69) is 4.90 Å². The number of anilines is 2. The standard InChI is InChI=1S/C12H18N2O2S2/c1-18(15,16)10-3-4-12(11(13)9-10)14-5-2-7-17-8-6-14/h3-4,9H,2,5-8,13H2,1H3. The van der Waals surface area contributed by atoms with E-state index in [1.165, 1.54) is 12.0 Å². The molecule has 0 atom stereocenters. The molecule has 1 fully saturated rings. The van der Waals surface area contributed by atoms with Crippen LogP contribution in [-0.4, -0.2) is 39.3 Å². The quantitative estimate of drug-likeness (QED) is 0.837. The van der Waals surface area contributed by atoms with Gasteiger partial charge in [-0.25, -0.2) is 8.42 Å². The highest BCUT2D eigenvalue weighted by molar-refractivity contribution is 7.99. The average Bonchev–Trinajstić information content (AvgIpc) is 2.56. The fraction of sp³-hybridized carbons (Fsp3) is 0.500. The van der Waals surface area contributed by atoms with E-state index in [0.29, 0.717) is 5.69 Å². The van der Waals surface area contributed by atoms with E-state index in [1.807, 2.05) is 17.8 Å². The van der Waals surface area contributed by atoms with E-state index >= 15 is 0 Å². The highest BCUT2D eigenvalue weighted by Gasteiger charge is 2.15. The maximum Gasteiger partial charge on any atom is 0.175 e. The average molecular weight is 286 g/mol. The summed E-state index contributed by atoms with van der Waals surface area (Å²) in [7, 11) is -3.18. The number of benzene rings is 1. The van der Waals surface area contributed by atoms with Gasteiger partial charge in [-0.3, -0.25) is 0 Å². The van der Waals surface area contributed by atoms with E-state index < -0.39 is 9.84 Å². The molecule has 18 heavy (non-hydrogen) atoms. The molecule has 0 unspecified atom stereocenters. The second-order valence-corrected chi connectivity index (χ2v) is 7.69. The van der Waals surface area contributed by atoms with Crippen molar-refractivity contribution >= 4 is 33.0 Å². The molecule has 2 rings (SSSR count). The molecule has 0 saturated carbocycles. The number of nitrogens with two attached hydrogens (primary N) is 1. The van der Waals surface area contributed by atoms with Crippen molar-refractivity contribution in [1.82, 2.24) is 0 Å². The largest absolute Gasteiger partial charge is 0.397 e. The molecule has 1 aliphatic rings. The summed E-state index contributed by atoms with van der Waals surface area (Å²) < 4.78 is 22.9. The summed E-state index contributed by atoms with van der Waals surface area (Å²) in [6.07, 6.45) is 2.34. The molecule has 1 aromatic rings. The highest BCUT2D eigenvalue weighted by atomic mass is 32.2. The van der Waals surface area contributed by atoms with Crippen LogP contribution in [0.2, 0.25) is 0 Å². The molecule has 1 aliphatic heterocycles. The molecular formula is C12H18N2O2S2. The number of thioether (sulfide) groups is 1. The second-order valence-electron chi connectivity index (χ2n) is 4.45. The van der Waals surface area contributed by atoms with E-state index in [0.717, 1.165) is 31.0 Å². The molecule has 0 bridgehead atoms. The van der Waals surface area contributed by atoms with Crippen LogP contribution in [0.3, 0.4) is 0 Å². The van der Waals surface area contributed by atoms with Crippen molar-refractivity contribution in [1.29, 1.82) is 0 Å². The third-order valence-electron chi connectivity index (χ3n) is 2.99. The van der Waals surface area contributed by atoms with Crippen molar-refractivity contribution in [3.63, 3.8) is 0 Å². The second kappa shape index (κ2) is 5.40. The van der Waals surface area contributed by atoms with Crippen molar-refractivity contribution in [2.75, 3.05) is 41.5 Å². The van der Waals surface area contributed by atoms with E-state index in [4.69, 9.17) is 5.73 Å². The first-order valence-corrected chi connectivity index (χ1v) is 8.95. The molecule has 0 amide bonds. The maximum absolute atomic E-state index is 11.5. The Bertz CT molecular complexity index is 521. The van der Waals surface area contributed by atoms with Crippen LogP contribution in [0.5, 0.6) is 0 Å². The lowest BCUT2D eigenvalue weighted by Crippen LogP contribution is -2.26. The van der Waals surface area contributed by atoms with Crippen LogP contribution in [-0.2, 0) is 9.84 Å². The third-order valence-corrected chi connectivity index (χ3v) is 5.15.